The maximum Gasteiger partial charge on any atom is 0.371 e. The highest BCUT2D eigenvalue weighted by atomic mass is 16.5. The van der Waals surface area contributed by atoms with E-state index in [2.05, 4.69) is 10.6 Å². The molecule has 1 aromatic rings. The lowest BCUT2D eigenvalue weighted by molar-refractivity contribution is -0.754. The Morgan fingerprint density at radius 1 is 1.64 bits per heavy atom. The number of amides is 1. The number of anilines is 1. The van der Waals surface area contributed by atoms with E-state index in [4.69, 9.17) is 4.52 Å². The lowest BCUT2D eigenvalue weighted by Gasteiger charge is -1.97. The van der Waals surface area contributed by atoms with Gasteiger partial charge in [0.15, 0.2) is 0 Å². The molecule has 0 aliphatic heterocycles. The van der Waals surface area contributed by atoms with Crippen LogP contribution in [0.25, 0.3) is 0 Å². The van der Waals surface area contributed by atoms with E-state index in [1.54, 1.807) is 19.1 Å². The number of nitrogens with zero attached hydrogens (tertiary/aromatic N) is 3. The second-order valence-corrected chi connectivity index (χ2v) is 2.82. The molecule has 1 heterocycles. The van der Waals surface area contributed by atoms with Crippen molar-refractivity contribution >= 4 is 18.1 Å². The van der Waals surface area contributed by atoms with Gasteiger partial charge in [-0.2, -0.15) is 5.01 Å². The Bertz CT molecular complexity index is 358. The molecule has 0 aliphatic rings. The van der Waals surface area contributed by atoms with E-state index in [1.807, 2.05) is 0 Å². The Balaban J connectivity index is 3.07. The van der Waals surface area contributed by atoms with E-state index >= 15 is 0 Å². The van der Waals surface area contributed by atoms with Crippen LogP contribution in [0.5, 0.6) is 0 Å². The summed E-state index contributed by atoms with van der Waals surface area (Å²) in [6.07, 6.45) is 0.557. The average Bonchev–Trinajstić information content (AvgIpc) is 2.46. The van der Waals surface area contributed by atoms with Gasteiger partial charge < -0.3 is 0 Å². The van der Waals surface area contributed by atoms with Gasteiger partial charge >= 0.3 is 11.6 Å². The topological polar surface area (TPSA) is 79.3 Å². The van der Waals surface area contributed by atoms with Gasteiger partial charge in [0, 0.05) is 6.92 Å². The molecule has 0 saturated carbocycles. The van der Waals surface area contributed by atoms with Crippen molar-refractivity contribution < 1.29 is 18.9 Å². The number of hydrogen-bond donors (Lipinski definition) is 1. The minimum absolute atomic E-state index is 0.0428. The molecule has 1 N–H and O–H groups in total. The number of aldehydes is 1. The molecule has 0 radical (unpaired) electrons. The van der Waals surface area contributed by atoms with Gasteiger partial charge in [0.25, 0.3) is 0 Å². The first-order valence-corrected chi connectivity index (χ1v) is 3.88. The lowest BCUT2D eigenvalue weighted by Crippen LogP contribution is -2.56. The Kier molecular flexibility index (Phi) is 2.80. The van der Waals surface area contributed by atoms with Gasteiger partial charge in [0.2, 0.25) is 17.5 Å². The Morgan fingerprint density at radius 2 is 2.29 bits per heavy atom. The molecule has 1 aromatic heterocycles. The molecule has 0 aromatic carbocycles. The van der Waals surface area contributed by atoms with Crippen LogP contribution in [0, 0.1) is 0 Å². The van der Waals surface area contributed by atoms with E-state index in [0.29, 0.717) is 6.29 Å². The predicted molar refractivity (Wildman–Crippen MR) is 46.5 cm³/mol. The van der Waals surface area contributed by atoms with Crippen molar-refractivity contribution in [3.05, 3.63) is 5.69 Å². The van der Waals surface area contributed by atoms with Gasteiger partial charge in [0.1, 0.15) is 0 Å². The highest BCUT2D eigenvalue weighted by Gasteiger charge is 2.27. The van der Waals surface area contributed by atoms with Crippen molar-refractivity contribution in [3.8, 4) is 0 Å². The van der Waals surface area contributed by atoms with Gasteiger partial charge in [0.05, 0.1) is 18.9 Å². The van der Waals surface area contributed by atoms with Crippen molar-refractivity contribution in [2.24, 2.45) is 0 Å². The summed E-state index contributed by atoms with van der Waals surface area (Å²) in [5.74, 6) is -0.281. The molecule has 0 spiro atoms. The standard InChI is InChI=1S/C7H10N4O3/c1-5(13)8-7-6(4-12)11(9-14-7)10(2)3/h4H,1-3H3/p+1. The molecular formula is C7H11N4O3+. The first-order valence-electron chi connectivity index (χ1n) is 3.88. The summed E-state index contributed by atoms with van der Waals surface area (Å²) in [5.41, 5.74) is 0.158. The monoisotopic (exact) mass is 199 g/mol. The SMILES string of the molecule is CC(=O)Nc1on[n+](N(C)C)c1C=O. The zero-order valence-electron chi connectivity index (χ0n) is 8.14. The third-order valence-electron chi connectivity index (χ3n) is 1.44. The van der Waals surface area contributed by atoms with Crippen LogP contribution in [0.3, 0.4) is 0 Å². The lowest BCUT2D eigenvalue weighted by atomic mass is 10.5. The maximum atomic E-state index is 10.7. The molecule has 0 fully saturated rings. The van der Waals surface area contributed by atoms with Crippen LogP contribution in [-0.2, 0) is 4.79 Å². The summed E-state index contributed by atoms with van der Waals surface area (Å²) < 4.78 is 4.77. The average molecular weight is 199 g/mol. The summed E-state index contributed by atoms with van der Waals surface area (Å²) in [6.45, 7) is 1.32. The summed E-state index contributed by atoms with van der Waals surface area (Å²) >= 11 is 0. The molecule has 0 atom stereocenters. The molecule has 1 rings (SSSR count). The van der Waals surface area contributed by atoms with Gasteiger partial charge in [-0.05, 0) is 0 Å². The fourth-order valence-electron chi connectivity index (χ4n) is 0.897. The number of carbonyl (C=O) groups excluding carboxylic acids is 2. The summed E-state index contributed by atoms with van der Waals surface area (Å²) in [5, 5.41) is 7.45. The summed E-state index contributed by atoms with van der Waals surface area (Å²) in [6, 6.07) is 0. The minimum Gasteiger partial charge on any atom is -0.291 e. The van der Waals surface area contributed by atoms with Crippen molar-refractivity contribution in [3.63, 3.8) is 0 Å². The summed E-state index contributed by atoms with van der Waals surface area (Å²) in [4.78, 5) is 22.7. The Labute approximate surface area is 80.2 Å². The van der Waals surface area contributed by atoms with Crippen LogP contribution in [0.2, 0.25) is 0 Å². The summed E-state index contributed by atoms with van der Waals surface area (Å²) in [7, 11) is 3.38. The van der Waals surface area contributed by atoms with Crippen molar-refractivity contribution in [1.29, 1.82) is 0 Å². The quantitative estimate of drug-likeness (QED) is 0.495. The van der Waals surface area contributed by atoms with Crippen LogP contribution in [0.1, 0.15) is 17.4 Å². The minimum atomic E-state index is -0.324. The van der Waals surface area contributed by atoms with Crippen molar-refractivity contribution in [2.75, 3.05) is 24.4 Å². The molecule has 0 aliphatic carbocycles. The van der Waals surface area contributed by atoms with E-state index in [0.717, 1.165) is 0 Å². The van der Waals surface area contributed by atoms with Crippen molar-refractivity contribution in [1.82, 2.24) is 5.27 Å². The highest BCUT2D eigenvalue weighted by Crippen LogP contribution is 2.06. The predicted octanol–water partition coefficient (Wildman–Crippen LogP) is -1.07. The molecule has 0 saturated heterocycles. The third kappa shape index (κ3) is 1.87. The van der Waals surface area contributed by atoms with E-state index in [1.165, 1.54) is 11.7 Å². The van der Waals surface area contributed by atoms with Crippen LogP contribution >= 0.6 is 0 Å². The fraction of sp³-hybridized carbons (Fsp3) is 0.429. The molecule has 7 nitrogen and oxygen atoms in total. The number of nitrogens with one attached hydrogen (secondary N) is 1. The molecule has 0 unspecified atom stereocenters. The van der Waals surface area contributed by atoms with Gasteiger partial charge in [-0.15, -0.1) is 0 Å². The molecule has 0 bridgehead atoms. The smallest absolute Gasteiger partial charge is 0.291 e. The second kappa shape index (κ2) is 3.86. The maximum absolute atomic E-state index is 10.7. The molecule has 14 heavy (non-hydrogen) atoms. The van der Waals surface area contributed by atoms with Gasteiger partial charge in [-0.3, -0.25) is 19.4 Å². The molecule has 7 heteroatoms. The Hall–Kier alpha value is -1.92. The van der Waals surface area contributed by atoms with Crippen LogP contribution in [0.15, 0.2) is 4.52 Å². The Morgan fingerprint density at radius 3 is 2.71 bits per heavy atom. The van der Waals surface area contributed by atoms with Gasteiger partial charge in [-0.1, -0.05) is 0 Å². The van der Waals surface area contributed by atoms with Crippen LogP contribution in [0.4, 0.5) is 5.88 Å². The van der Waals surface area contributed by atoms with E-state index in [-0.39, 0.29) is 17.5 Å². The number of aromatic nitrogens is 2. The van der Waals surface area contributed by atoms with E-state index in [9.17, 15) is 9.59 Å². The molecule has 1 amide bonds. The normalized spacial score (nSPS) is 9.64. The van der Waals surface area contributed by atoms with Crippen molar-refractivity contribution in [2.45, 2.75) is 6.92 Å². The number of rotatable bonds is 3. The largest absolute Gasteiger partial charge is 0.371 e. The zero-order chi connectivity index (χ0) is 10.7. The van der Waals surface area contributed by atoms with Crippen LogP contribution < -0.4 is 15.1 Å². The number of carbonyl (C=O) groups is 2. The van der Waals surface area contributed by atoms with E-state index < -0.39 is 0 Å². The molecular weight excluding hydrogens is 188 g/mol. The van der Waals surface area contributed by atoms with Gasteiger partial charge in [-0.25, -0.2) is 0 Å². The highest BCUT2D eigenvalue weighted by molar-refractivity contribution is 5.91. The first kappa shape index (κ1) is 10.2. The third-order valence-corrected chi connectivity index (χ3v) is 1.44. The fourth-order valence-corrected chi connectivity index (χ4v) is 0.897. The second-order valence-electron chi connectivity index (χ2n) is 2.82. The first-order chi connectivity index (χ1) is 6.56. The molecule has 76 valence electrons. The van der Waals surface area contributed by atoms with Crippen LogP contribution in [-0.4, -0.2) is 31.6 Å². The number of hydrogen-bond acceptors (Lipinski definition) is 5. The zero-order valence-corrected chi connectivity index (χ0v) is 8.14.